The van der Waals surface area contributed by atoms with Crippen molar-refractivity contribution in [3.8, 4) is 0 Å². The molecule has 19 heavy (non-hydrogen) atoms. The van der Waals surface area contributed by atoms with Gasteiger partial charge in [-0.05, 0) is 43.9 Å². The van der Waals surface area contributed by atoms with Gasteiger partial charge in [-0.2, -0.15) is 5.10 Å². The quantitative estimate of drug-likeness (QED) is 0.880. The third-order valence-corrected chi connectivity index (χ3v) is 4.26. The maximum absolute atomic E-state index is 11.0. The second kappa shape index (κ2) is 6.08. The molecule has 1 aromatic rings. The van der Waals surface area contributed by atoms with Crippen LogP contribution in [-0.4, -0.2) is 14.9 Å². The van der Waals surface area contributed by atoms with Crippen molar-refractivity contribution in [1.82, 2.24) is 9.78 Å². The Morgan fingerprint density at radius 1 is 1.53 bits per heavy atom. The molecule has 1 N–H and O–H groups in total. The van der Waals surface area contributed by atoms with E-state index in [0.29, 0.717) is 5.92 Å². The summed E-state index contributed by atoms with van der Waals surface area (Å²) in [7, 11) is 0. The van der Waals surface area contributed by atoms with Crippen molar-refractivity contribution in [2.24, 2.45) is 11.8 Å². The van der Waals surface area contributed by atoms with E-state index in [1.165, 1.54) is 12.8 Å². The van der Waals surface area contributed by atoms with Gasteiger partial charge in [0.1, 0.15) is 0 Å². The molecule has 1 saturated carbocycles. The summed E-state index contributed by atoms with van der Waals surface area (Å²) in [5.74, 6) is 1.38. The summed E-state index contributed by atoms with van der Waals surface area (Å²) in [6.07, 6.45) is 10.4. The zero-order valence-corrected chi connectivity index (χ0v) is 12.6. The second-order valence-corrected chi connectivity index (χ2v) is 6.62. The molecule has 0 aliphatic heterocycles. The number of aromatic nitrogens is 2. The zero-order valence-electron chi connectivity index (χ0n) is 12.6. The fourth-order valence-electron chi connectivity index (χ4n) is 3.45. The van der Waals surface area contributed by atoms with Crippen LogP contribution < -0.4 is 0 Å². The van der Waals surface area contributed by atoms with Crippen LogP contribution >= 0.6 is 0 Å². The van der Waals surface area contributed by atoms with Gasteiger partial charge in [-0.1, -0.05) is 27.2 Å². The molecular weight excluding hydrogens is 236 g/mol. The molecule has 1 fully saturated rings. The molecular formula is C16H28N2O. The van der Waals surface area contributed by atoms with Gasteiger partial charge in [0.2, 0.25) is 0 Å². The van der Waals surface area contributed by atoms with Gasteiger partial charge in [0.25, 0.3) is 0 Å². The lowest BCUT2D eigenvalue weighted by Gasteiger charge is -2.37. The van der Waals surface area contributed by atoms with Crippen molar-refractivity contribution in [1.29, 1.82) is 0 Å². The molecule has 0 amide bonds. The number of rotatable bonds is 5. The number of hydrogen-bond donors (Lipinski definition) is 1. The summed E-state index contributed by atoms with van der Waals surface area (Å²) in [4.78, 5) is 0. The molecule has 108 valence electrons. The Morgan fingerprint density at radius 3 is 3.00 bits per heavy atom. The standard InChI is InChI=1S/C16H28N2O/c1-4-8-18-12-15(11-17-18)16(19)7-5-6-14(10-16)9-13(2)3/h11-14,19H,4-10H2,1-3H3. The minimum Gasteiger partial charge on any atom is -0.385 e. The van der Waals surface area contributed by atoms with E-state index < -0.39 is 5.60 Å². The van der Waals surface area contributed by atoms with Gasteiger partial charge >= 0.3 is 0 Å². The number of nitrogens with zero attached hydrogens (tertiary/aromatic N) is 2. The number of aliphatic hydroxyl groups is 1. The Balaban J connectivity index is 2.07. The van der Waals surface area contributed by atoms with E-state index in [2.05, 4.69) is 25.9 Å². The first-order valence-corrected chi connectivity index (χ1v) is 7.79. The Bertz CT molecular complexity index is 399. The molecule has 1 aliphatic rings. The van der Waals surface area contributed by atoms with E-state index in [9.17, 15) is 5.11 Å². The maximum atomic E-state index is 11.0. The van der Waals surface area contributed by atoms with Gasteiger partial charge in [0, 0.05) is 18.3 Å². The van der Waals surface area contributed by atoms with E-state index in [0.717, 1.165) is 43.7 Å². The van der Waals surface area contributed by atoms with Crippen molar-refractivity contribution < 1.29 is 5.11 Å². The largest absolute Gasteiger partial charge is 0.385 e. The molecule has 3 nitrogen and oxygen atoms in total. The van der Waals surface area contributed by atoms with Gasteiger partial charge in [0.15, 0.2) is 0 Å². The van der Waals surface area contributed by atoms with Gasteiger partial charge in [-0.3, -0.25) is 4.68 Å². The predicted molar refractivity (Wildman–Crippen MR) is 77.8 cm³/mol. The molecule has 2 unspecified atom stereocenters. The van der Waals surface area contributed by atoms with E-state index >= 15 is 0 Å². The molecule has 0 bridgehead atoms. The van der Waals surface area contributed by atoms with Crippen LogP contribution in [0.25, 0.3) is 0 Å². The van der Waals surface area contributed by atoms with Crippen molar-refractivity contribution in [2.45, 2.75) is 71.4 Å². The summed E-state index contributed by atoms with van der Waals surface area (Å²) < 4.78 is 1.96. The van der Waals surface area contributed by atoms with Gasteiger partial charge in [-0.25, -0.2) is 0 Å². The first kappa shape index (κ1) is 14.6. The smallest absolute Gasteiger partial charge is 0.0929 e. The van der Waals surface area contributed by atoms with Crippen molar-refractivity contribution in [2.75, 3.05) is 0 Å². The Kier molecular flexibility index (Phi) is 4.67. The lowest BCUT2D eigenvalue weighted by Crippen LogP contribution is -2.32. The molecule has 3 heteroatoms. The summed E-state index contributed by atoms with van der Waals surface area (Å²) in [5.41, 5.74) is 0.387. The summed E-state index contributed by atoms with van der Waals surface area (Å²) >= 11 is 0. The Hall–Kier alpha value is -0.830. The maximum Gasteiger partial charge on any atom is 0.0929 e. The predicted octanol–water partition coefficient (Wildman–Crippen LogP) is 3.72. The van der Waals surface area contributed by atoms with Crippen LogP contribution in [0.4, 0.5) is 0 Å². The molecule has 0 aromatic carbocycles. The Morgan fingerprint density at radius 2 is 2.32 bits per heavy atom. The molecule has 1 aromatic heterocycles. The molecule has 2 atom stereocenters. The lowest BCUT2D eigenvalue weighted by atomic mass is 9.73. The van der Waals surface area contributed by atoms with E-state index in [-0.39, 0.29) is 0 Å². The van der Waals surface area contributed by atoms with E-state index in [4.69, 9.17) is 0 Å². The second-order valence-electron chi connectivity index (χ2n) is 6.62. The molecule has 1 heterocycles. The fraction of sp³-hybridized carbons (Fsp3) is 0.812. The number of aryl methyl sites for hydroxylation is 1. The van der Waals surface area contributed by atoms with Crippen LogP contribution in [0.15, 0.2) is 12.4 Å². The number of hydrogen-bond acceptors (Lipinski definition) is 2. The van der Waals surface area contributed by atoms with Crippen LogP contribution in [0.3, 0.4) is 0 Å². The molecule has 0 radical (unpaired) electrons. The topological polar surface area (TPSA) is 38.0 Å². The van der Waals surface area contributed by atoms with Crippen LogP contribution in [0, 0.1) is 11.8 Å². The van der Waals surface area contributed by atoms with Crippen molar-refractivity contribution in [3.63, 3.8) is 0 Å². The SMILES string of the molecule is CCCn1cc(C2(O)CCCC(CC(C)C)C2)cn1. The highest BCUT2D eigenvalue weighted by Gasteiger charge is 2.36. The fourth-order valence-corrected chi connectivity index (χ4v) is 3.45. The monoisotopic (exact) mass is 264 g/mol. The lowest BCUT2D eigenvalue weighted by molar-refractivity contribution is -0.0245. The van der Waals surface area contributed by atoms with Crippen LogP contribution in [0.1, 0.15) is 64.9 Å². The van der Waals surface area contributed by atoms with E-state index in [1.807, 2.05) is 17.1 Å². The third-order valence-electron chi connectivity index (χ3n) is 4.26. The van der Waals surface area contributed by atoms with Crippen LogP contribution in [0.5, 0.6) is 0 Å². The van der Waals surface area contributed by atoms with Gasteiger partial charge in [0.05, 0.1) is 11.8 Å². The van der Waals surface area contributed by atoms with Gasteiger partial charge < -0.3 is 5.11 Å². The van der Waals surface area contributed by atoms with E-state index in [1.54, 1.807) is 0 Å². The summed E-state index contributed by atoms with van der Waals surface area (Å²) in [6, 6.07) is 0. The summed E-state index contributed by atoms with van der Waals surface area (Å²) in [5, 5.41) is 15.3. The van der Waals surface area contributed by atoms with Crippen LogP contribution in [0.2, 0.25) is 0 Å². The van der Waals surface area contributed by atoms with Crippen molar-refractivity contribution in [3.05, 3.63) is 18.0 Å². The molecule has 2 rings (SSSR count). The molecule has 0 saturated heterocycles. The highest BCUT2D eigenvalue weighted by Crippen LogP contribution is 2.41. The first-order valence-electron chi connectivity index (χ1n) is 7.79. The third kappa shape index (κ3) is 3.59. The zero-order chi connectivity index (χ0) is 13.9. The minimum atomic E-state index is -0.635. The summed E-state index contributed by atoms with van der Waals surface area (Å²) in [6.45, 7) is 7.63. The van der Waals surface area contributed by atoms with Crippen molar-refractivity contribution >= 4 is 0 Å². The average molecular weight is 264 g/mol. The highest BCUT2D eigenvalue weighted by molar-refractivity contribution is 5.16. The molecule has 0 spiro atoms. The minimum absolute atomic E-state index is 0.635. The van der Waals surface area contributed by atoms with Crippen LogP contribution in [-0.2, 0) is 12.1 Å². The molecule has 1 aliphatic carbocycles. The van der Waals surface area contributed by atoms with Gasteiger partial charge in [-0.15, -0.1) is 0 Å². The normalized spacial score (nSPS) is 27.9. The Labute approximate surface area is 117 Å². The average Bonchev–Trinajstić information content (AvgIpc) is 2.78. The highest BCUT2D eigenvalue weighted by atomic mass is 16.3. The first-order chi connectivity index (χ1) is 9.03.